The fraction of sp³-hybridized carbons (Fsp3) is 0.375. The molecule has 1 aromatic heterocycles. The van der Waals surface area contributed by atoms with E-state index in [4.69, 9.17) is 5.11 Å². The van der Waals surface area contributed by atoms with Gasteiger partial charge in [0.2, 0.25) is 0 Å². The van der Waals surface area contributed by atoms with Gasteiger partial charge in [-0.15, -0.1) is 0 Å². The lowest BCUT2D eigenvalue weighted by atomic mass is 9.85. The van der Waals surface area contributed by atoms with Crippen LogP contribution in [0.3, 0.4) is 0 Å². The van der Waals surface area contributed by atoms with Crippen molar-refractivity contribution in [1.29, 1.82) is 0 Å². The van der Waals surface area contributed by atoms with Crippen LogP contribution in [0.25, 0.3) is 10.8 Å². The highest BCUT2D eigenvalue weighted by atomic mass is 16.4. The summed E-state index contributed by atoms with van der Waals surface area (Å²) in [6.07, 6.45) is 7.14. The standard InChI is InChI=1S/C16H18N2O2/c19-16(20)11-3-1-5-13(9-11)18-15-6-2-4-12-10-17-8-7-14(12)15/h2,4,6-8,10-11,13,18H,1,3,5,9H2,(H,19,20). The molecule has 0 radical (unpaired) electrons. The topological polar surface area (TPSA) is 62.2 Å². The third-order valence-electron chi connectivity index (χ3n) is 4.06. The molecule has 1 aliphatic rings. The van der Waals surface area contributed by atoms with E-state index in [0.717, 1.165) is 35.7 Å². The van der Waals surface area contributed by atoms with E-state index in [9.17, 15) is 4.79 Å². The number of nitrogens with one attached hydrogen (secondary N) is 1. The van der Waals surface area contributed by atoms with Crippen LogP contribution in [0.1, 0.15) is 25.7 Å². The monoisotopic (exact) mass is 270 g/mol. The van der Waals surface area contributed by atoms with Gasteiger partial charge in [0, 0.05) is 34.9 Å². The van der Waals surface area contributed by atoms with E-state index in [1.807, 2.05) is 30.5 Å². The molecular weight excluding hydrogens is 252 g/mol. The number of hydrogen-bond acceptors (Lipinski definition) is 3. The van der Waals surface area contributed by atoms with Gasteiger partial charge < -0.3 is 10.4 Å². The van der Waals surface area contributed by atoms with Crippen molar-refractivity contribution in [3.8, 4) is 0 Å². The van der Waals surface area contributed by atoms with Crippen molar-refractivity contribution in [2.45, 2.75) is 31.7 Å². The molecule has 1 heterocycles. The Hall–Kier alpha value is -2.10. The van der Waals surface area contributed by atoms with Crippen LogP contribution >= 0.6 is 0 Å². The number of anilines is 1. The zero-order valence-corrected chi connectivity index (χ0v) is 11.2. The number of aromatic nitrogens is 1. The normalized spacial score (nSPS) is 22.6. The Morgan fingerprint density at radius 3 is 3.05 bits per heavy atom. The van der Waals surface area contributed by atoms with Crippen molar-refractivity contribution in [2.24, 2.45) is 5.92 Å². The van der Waals surface area contributed by atoms with Gasteiger partial charge >= 0.3 is 5.97 Å². The second kappa shape index (κ2) is 5.49. The molecule has 4 heteroatoms. The van der Waals surface area contributed by atoms with Gasteiger partial charge in [-0.25, -0.2) is 0 Å². The highest BCUT2D eigenvalue weighted by Gasteiger charge is 2.26. The first-order valence-electron chi connectivity index (χ1n) is 7.06. The molecule has 1 fully saturated rings. The highest BCUT2D eigenvalue weighted by molar-refractivity contribution is 5.93. The van der Waals surface area contributed by atoms with Crippen LogP contribution < -0.4 is 5.32 Å². The predicted molar refractivity (Wildman–Crippen MR) is 78.7 cm³/mol. The Bertz CT molecular complexity index is 621. The number of pyridine rings is 1. The first-order chi connectivity index (χ1) is 9.74. The maximum Gasteiger partial charge on any atom is 0.306 e. The van der Waals surface area contributed by atoms with E-state index in [2.05, 4.69) is 10.3 Å². The zero-order valence-electron chi connectivity index (χ0n) is 11.2. The molecule has 2 N–H and O–H groups in total. The number of carboxylic acids is 1. The van der Waals surface area contributed by atoms with Crippen molar-refractivity contribution in [3.63, 3.8) is 0 Å². The van der Waals surface area contributed by atoms with E-state index in [-0.39, 0.29) is 12.0 Å². The molecule has 4 nitrogen and oxygen atoms in total. The molecule has 0 amide bonds. The van der Waals surface area contributed by atoms with Gasteiger partial charge in [0.15, 0.2) is 0 Å². The van der Waals surface area contributed by atoms with Crippen molar-refractivity contribution >= 4 is 22.4 Å². The van der Waals surface area contributed by atoms with E-state index < -0.39 is 5.97 Å². The van der Waals surface area contributed by atoms with Gasteiger partial charge in [0.1, 0.15) is 0 Å². The van der Waals surface area contributed by atoms with Crippen molar-refractivity contribution < 1.29 is 9.90 Å². The van der Waals surface area contributed by atoms with E-state index >= 15 is 0 Å². The van der Waals surface area contributed by atoms with Crippen LogP contribution in [0.4, 0.5) is 5.69 Å². The third kappa shape index (κ3) is 2.59. The van der Waals surface area contributed by atoms with Gasteiger partial charge in [0.05, 0.1) is 5.92 Å². The van der Waals surface area contributed by atoms with E-state index in [1.165, 1.54) is 0 Å². The lowest BCUT2D eigenvalue weighted by Gasteiger charge is -2.28. The Balaban J connectivity index is 1.81. The Morgan fingerprint density at radius 1 is 1.30 bits per heavy atom. The minimum atomic E-state index is -0.668. The molecule has 1 aromatic carbocycles. The molecular formula is C16H18N2O2. The fourth-order valence-corrected chi connectivity index (χ4v) is 3.01. The van der Waals surface area contributed by atoms with Crippen LogP contribution in [0.5, 0.6) is 0 Å². The number of carbonyl (C=O) groups is 1. The molecule has 2 atom stereocenters. The van der Waals surface area contributed by atoms with Gasteiger partial charge in [-0.05, 0) is 31.4 Å². The number of benzene rings is 1. The molecule has 3 rings (SSSR count). The molecule has 1 aliphatic carbocycles. The van der Waals surface area contributed by atoms with E-state index in [0.29, 0.717) is 6.42 Å². The molecule has 2 aromatic rings. The van der Waals surface area contributed by atoms with Crippen molar-refractivity contribution in [1.82, 2.24) is 4.98 Å². The summed E-state index contributed by atoms with van der Waals surface area (Å²) in [5, 5.41) is 14.9. The van der Waals surface area contributed by atoms with Crippen molar-refractivity contribution in [2.75, 3.05) is 5.32 Å². The molecule has 104 valence electrons. The quantitative estimate of drug-likeness (QED) is 0.898. The number of rotatable bonds is 3. The van der Waals surface area contributed by atoms with Crippen LogP contribution in [-0.4, -0.2) is 22.1 Å². The third-order valence-corrected chi connectivity index (χ3v) is 4.06. The minimum absolute atomic E-state index is 0.210. The number of fused-ring (bicyclic) bond motifs is 1. The molecule has 1 saturated carbocycles. The SMILES string of the molecule is O=C(O)C1CCCC(Nc2cccc3cnccc23)C1. The summed E-state index contributed by atoms with van der Waals surface area (Å²) < 4.78 is 0. The number of nitrogens with zero attached hydrogens (tertiary/aromatic N) is 1. The maximum atomic E-state index is 11.1. The van der Waals surface area contributed by atoms with Crippen LogP contribution in [0.2, 0.25) is 0 Å². The van der Waals surface area contributed by atoms with Crippen molar-refractivity contribution in [3.05, 3.63) is 36.7 Å². The predicted octanol–water partition coefficient (Wildman–Crippen LogP) is 3.29. The fourth-order valence-electron chi connectivity index (χ4n) is 3.01. The summed E-state index contributed by atoms with van der Waals surface area (Å²) in [6, 6.07) is 8.32. The van der Waals surface area contributed by atoms with Gasteiger partial charge in [0.25, 0.3) is 0 Å². The lowest BCUT2D eigenvalue weighted by molar-refractivity contribution is -0.142. The summed E-state index contributed by atoms with van der Waals surface area (Å²) in [6.45, 7) is 0. The average Bonchev–Trinajstić information content (AvgIpc) is 2.48. The first kappa shape index (κ1) is 12.9. The summed E-state index contributed by atoms with van der Waals surface area (Å²) in [5.74, 6) is -0.878. The van der Waals surface area contributed by atoms with Gasteiger partial charge in [-0.2, -0.15) is 0 Å². The Morgan fingerprint density at radius 2 is 2.20 bits per heavy atom. The summed E-state index contributed by atoms with van der Waals surface area (Å²) in [4.78, 5) is 15.3. The maximum absolute atomic E-state index is 11.1. The number of aliphatic carboxylic acids is 1. The lowest BCUT2D eigenvalue weighted by Crippen LogP contribution is -2.30. The number of hydrogen-bond donors (Lipinski definition) is 2. The second-order valence-electron chi connectivity index (χ2n) is 5.45. The largest absolute Gasteiger partial charge is 0.481 e. The smallest absolute Gasteiger partial charge is 0.306 e. The molecule has 0 bridgehead atoms. The average molecular weight is 270 g/mol. The molecule has 0 spiro atoms. The number of carboxylic acid groups (broad SMARTS) is 1. The highest BCUT2D eigenvalue weighted by Crippen LogP contribution is 2.29. The summed E-state index contributed by atoms with van der Waals surface area (Å²) >= 11 is 0. The van der Waals surface area contributed by atoms with E-state index in [1.54, 1.807) is 6.20 Å². The summed E-state index contributed by atoms with van der Waals surface area (Å²) in [7, 11) is 0. The van der Waals surface area contributed by atoms with Gasteiger partial charge in [-0.3, -0.25) is 9.78 Å². The molecule has 0 aliphatic heterocycles. The molecule has 2 unspecified atom stereocenters. The molecule has 20 heavy (non-hydrogen) atoms. The zero-order chi connectivity index (χ0) is 13.9. The first-order valence-corrected chi connectivity index (χ1v) is 7.06. The van der Waals surface area contributed by atoms with Crippen LogP contribution in [0.15, 0.2) is 36.7 Å². The second-order valence-corrected chi connectivity index (χ2v) is 5.45. The van der Waals surface area contributed by atoms with Gasteiger partial charge in [-0.1, -0.05) is 18.6 Å². The Kier molecular flexibility index (Phi) is 3.54. The van der Waals surface area contributed by atoms with Crippen LogP contribution in [0, 0.1) is 5.92 Å². The summed E-state index contributed by atoms with van der Waals surface area (Å²) in [5.41, 5.74) is 1.07. The minimum Gasteiger partial charge on any atom is -0.481 e. The van der Waals surface area contributed by atoms with Crippen LogP contribution in [-0.2, 0) is 4.79 Å². The molecule has 0 saturated heterocycles. The Labute approximate surface area is 117 Å².